The molecule has 4 heteroatoms. The van der Waals surface area contributed by atoms with Gasteiger partial charge in [-0.05, 0) is 61.1 Å². The normalized spacial score (nSPS) is 15.1. The number of nitrogens with zero attached hydrogens (tertiary/aromatic N) is 2. The highest BCUT2D eigenvalue weighted by Gasteiger charge is 2.24. The van der Waals surface area contributed by atoms with Crippen molar-refractivity contribution in [2.75, 3.05) is 13.1 Å². The molecule has 0 radical (unpaired) electrons. The van der Waals surface area contributed by atoms with E-state index in [1.54, 1.807) is 0 Å². The smallest absolute Gasteiger partial charge is 0.253 e. The van der Waals surface area contributed by atoms with Crippen LogP contribution in [0.5, 0.6) is 0 Å². The van der Waals surface area contributed by atoms with E-state index in [0.717, 1.165) is 36.4 Å². The molecule has 1 aliphatic heterocycles. The number of hydrogen-bond donors (Lipinski definition) is 1. The van der Waals surface area contributed by atoms with Gasteiger partial charge in [-0.25, -0.2) is 0 Å². The topological polar surface area (TPSA) is 44.1 Å². The zero-order chi connectivity index (χ0) is 17.1. The molecule has 0 bridgehead atoms. The van der Waals surface area contributed by atoms with Crippen LogP contribution in [0.25, 0.3) is 0 Å². The Morgan fingerprint density at radius 3 is 2.42 bits per heavy atom. The molecule has 0 N–H and O–H groups in total. The zero-order valence-electron chi connectivity index (χ0n) is 13.7. The van der Waals surface area contributed by atoms with Gasteiger partial charge in [-0.1, -0.05) is 18.2 Å². The van der Waals surface area contributed by atoms with Crippen LogP contribution in [-0.2, 0) is 0 Å². The molecule has 0 aliphatic carbocycles. The van der Waals surface area contributed by atoms with Gasteiger partial charge in [-0.3, -0.25) is 4.79 Å². The fourth-order valence-corrected chi connectivity index (χ4v) is 3.38. The largest absolute Gasteiger partial charge is 0.339 e. The van der Waals surface area contributed by atoms with Crippen molar-refractivity contribution in [3.05, 3.63) is 64.7 Å². The summed E-state index contributed by atoms with van der Waals surface area (Å²) in [5, 5.41) is 8.88. The number of nitriles is 1. The van der Waals surface area contributed by atoms with Gasteiger partial charge < -0.3 is 4.90 Å². The summed E-state index contributed by atoms with van der Waals surface area (Å²) in [5.74, 6) is 0.545. The van der Waals surface area contributed by atoms with Gasteiger partial charge in [0.05, 0.1) is 11.6 Å². The Balaban J connectivity index is 1.64. The van der Waals surface area contributed by atoms with Crippen LogP contribution in [0.2, 0.25) is 0 Å². The van der Waals surface area contributed by atoms with E-state index >= 15 is 0 Å². The molecule has 0 saturated carbocycles. The summed E-state index contributed by atoms with van der Waals surface area (Å²) in [6.45, 7) is 3.51. The molecule has 3 nitrogen and oxygen atoms in total. The number of piperidine rings is 1. The van der Waals surface area contributed by atoms with Gasteiger partial charge in [-0.2, -0.15) is 5.26 Å². The molecule has 1 amide bonds. The molecule has 122 valence electrons. The van der Waals surface area contributed by atoms with Gasteiger partial charge in [0.1, 0.15) is 0 Å². The molecular weight excluding hydrogens is 316 g/mol. The molecule has 3 rings (SSSR count). The molecule has 1 saturated heterocycles. The molecule has 2 aromatic rings. The quantitative estimate of drug-likeness (QED) is 0.836. The average Bonchev–Trinajstić information content (AvgIpc) is 2.63. The molecule has 0 atom stereocenters. The fraction of sp³-hybridized carbons (Fsp3) is 0.300. The second-order valence-electron chi connectivity index (χ2n) is 6.30. The van der Waals surface area contributed by atoms with E-state index in [0.29, 0.717) is 17.0 Å². The van der Waals surface area contributed by atoms with E-state index in [9.17, 15) is 4.79 Å². The predicted molar refractivity (Wildman–Crippen MR) is 97.5 cm³/mol. The van der Waals surface area contributed by atoms with Crippen molar-refractivity contribution in [2.45, 2.75) is 30.6 Å². The zero-order valence-corrected chi connectivity index (χ0v) is 14.6. The van der Waals surface area contributed by atoms with Gasteiger partial charge in [0.2, 0.25) is 0 Å². The fourth-order valence-electron chi connectivity index (χ4n) is 3.17. The minimum atomic E-state index is 0.0866. The minimum absolute atomic E-state index is 0.0866. The summed E-state index contributed by atoms with van der Waals surface area (Å²) in [6, 6.07) is 15.6. The van der Waals surface area contributed by atoms with Crippen LogP contribution in [0.3, 0.4) is 0 Å². The molecule has 0 aromatic heterocycles. The van der Waals surface area contributed by atoms with Crippen molar-refractivity contribution in [2.24, 2.45) is 0 Å². The van der Waals surface area contributed by atoms with Crippen LogP contribution in [0.4, 0.5) is 0 Å². The third kappa shape index (κ3) is 3.47. The third-order valence-electron chi connectivity index (χ3n) is 4.75. The van der Waals surface area contributed by atoms with Gasteiger partial charge in [-0.15, -0.1) is 12.6 Å². The Bertz CT molecular complexity index is 784. The van der Waals surface area contributed by atoms with E-state index in [4.69, 9.17) is 5.26 Å². The molecule has 0 unspecified atom stereocenters. The Kier molecular flexibility index (Phi) is 4.92. The molecule has 24 heavy (non-hydrogen) atoms. The van der Waals surface area contributed by atoms with Crippen LogP contribution < -0.4 is 0 Å². The van der Waals surface area contributed by atoms with Crippen LogP contribution in [-0.4, -0.2) is 23.9 Å². The highest BCUT2D eigenvalue weighted by molar-refractivity contribution is 7.80. The molecule has 2 aromatic carbocycles. The number of carbonyl (C=O) groups excluding carboxylic acids is 1. The minimum Gasteiger partial charge on any atom is -0.339 e. The van der Waals surface area contributed by atoms with Crippen LogP contribution in [0.15, 0.2) is 47.4 Å². The van der Waals surface area contributed by atoms with Crippen molar-refractivity contribution < 1.29 is 4.79 Å². The van der Waals surface area contributed by atoms with Crippen LogP contribution in [0.1, 0.15) is 45.8 Å². The summed E-state index contributed by atoms with van der Waals surface area (Å²) >= 11 is 4.41. The standard InChI is InChI=1S/C20H20N2OS/c1-14-2-5-18(12-19(14)24)20(23)22-10-8-17(9-11-22)16-6-3-15(13-21)4-7-16/h2-7,12,17,24H,8-11H2,1H3. The van der Waals surface area contributed by atoms with E-state index in [1.165, 1.54) is 5.56 Å². The second-order valence-corrected chi connectivity index (χ2v) is 6.78. The van der Waals surface area contributed by atoms with Crippen molar-refractivity contribution in [1.29, 1.82) is 5.26 Å². The van der Waals surface area contributed by atoms with Crippen molar-refractivity contribution in [3.8, 4) is 6.07 Å². The summed E-state index contributed by atoms with van der Waals surface area (Å²) < 4.78 is 0. The first-order valence-corrected chi connectivity index (χ1v) is 8.62. The van der Waals surface area contributed by atoms with E-state index in [2.05, 4.69) is 18.7 Å². The summed E-state index contributed by atoms with van der Waals surface area (Å²) in [6.07, 6.45) is 1.91. The summed E-state index contributed by atoms with van der Waals surface area (Å²) in [4.78, 5) is 15.4. The maximum absolute atomic E-state index is 12.6. The van der Waals surface area contributed by atoms with Gasteiger partial charge in [0.25, 0.3) is 5.91 Å². The lowest BCUT2D eigenvalue weighted by molar-refractivity contribution is 0.0712. The van der Waals surface area contributed by atoms with E-state index < -0.39 is 0 Å². The molecule has 1 heterocycles. The summed E-state index contributed by atoms with van der Waals surface area (Å²) in [7, 11) is 0. The Morgan fingerprint density at radius 1 is 1.17 bits per heavy atom. The number of aryl methyl sites for hydroxylation is 1. The molecule has 0 spiro atoms. The summed E-state index contributed by atoms with van der Waals surface area (Å²) in [5.41, 5.74) is 3.74. The van der Waals surface area contributed by atoms with Crippen molar-refractivity contribution in [1.82, 2.24) is 4.90 Å². The first-order chi connectivity index (χ1) is 11.6. The van der Waals surface area contributed by atoms with Crippen LogP contribution in [0, 0.1) is 18.3 Å². The number of carbonyl (C=O) groups is 1. The first-order valence-electron chi connectivity index (χ1n) is 8.17. The second kappa shape index (κ2) is 7.11. The molecule has 1 aliphatic rings. The molecule has 1 fully saturated rings. The van der Waals surface area contributed by atoms with E-state index in [-0.39, 0.29) is 5.91 Å². The maximum Gasteiger partial charge on any atom is 0.253 e. The lowest BCUT2D eigenvalue weighted by atomic mass is 9.89. The van der Waals surface area contributed by atoms with Crippen molar-refractivity contribution >= 4 is 18.5 Å². The first kappa shape index (κ1) is 16.6. The molecular formula is C20H20N2OS. The van der Waals surface area contributed by atoms with Gasteiger partial charge in [0, 0.05) is 23.5 Å². The number of thiol groups is 1. The van der Waals surface area contributed by atoms with Gasteiger partial charge in [0.15, 0.2) is 0 Å². The SMILES string of the molecule is Cc1ccc(C(=O)N2CCC(c3ccc(C#N)cc3)CC2)cc1S. The monoisotopic (exact) mass is 336 g/mol. The lowest BCUT2D eigenvalue weighted by Crippen LogP contribution is -2.37. The van der Waals surface area contributed by atoms with Crippen LogP contribution >= 0.6 is 12.6 Å². The number of amides is 1. The lowest BCUT2D eigenvalue weighted by Gasteiger charge is -2.32. The highest BCUT2D eigenvalue weighted by Crippen LogP contribution is 2.29. The Morgan fingerprint density at radius 2 is 1.83 bits per heavy atom. The van der Waals surface area contributed by atoms with E-state index in [1.807, 2.05) is 54.3 Å². The third-order valence-corrected chi connectivity index (χ3v) is 5.23. The highest BCUT2D eigenvalue weighted by atomic mass is 32.1. The van der Waals surface area contributed by atoms with Crippen molar-refractivity contribution in [3.63, 3.8) is 0 Å². The number of benzene rings is 2. The Hall–Kier alpha value is -2.25. The Labute approximate surface area is 148 Å². The number of likely N-dealkylation sites (tertiary alicyclic amines) is 1. The predicted octanol–water partition coefficient (Wildman–Crippen LogP) is 4.18. The maximum atomic E-state index is 12.6. The van der Waals surface area contributed by atoms with Gasteiger partial charge >= 0.3 is 0 Å². The number of rotatable bonds is 2. The number of hydrogen-bond acceptors (Lipinski definition) is 3. The average molecular weight is 336 g/mol.